The van der Waals surface area contributed by atoms with Crippen LogP contribution in [-0.4, -0.2) is 50.7 Å². The molecule has 1 aliphatic rings. The Balaban J connectivity index is 1.77. The van der Waals surface area contributed by atoms with Gasteiger partial charge in [0, 0.05) is 24.7 Å². The summed E-state index contributed by atoms with van der Waals surface area (Å²) in [6.45, 7) is 4.62. The van der Waals surface area contributed by atoms with Gasteiger partial charge in [0.1, 0.15) is 0 Å². The average Bonchev–Trinajstić information content (AvgIpc) is 2.54. The average molecular weight is 390 g/mol. The summed E-state index contributed by atoms with van der Waals surface area (Å²) in [4.78, 5) is 14.6. The highest BCUT2D eigenvalue weighted by Gasteiger charge is 2.20. The molecule has 1 fully saturated rings. The van der Waals surface area contributed by atoms with Gasteiger partial charge in [0.05, 0.1) is 17.2 Å². The lowest BCUT2D eigenvalue weighted by Gasteiger charge is -2.31. The van der Waals surface area contributed by atoms with Gasteiger partial charge in [-0.25, -0.2) is 0 Å². The summed E-state index contributed by atoms with van der Waals surface area (Å²) in [6.07, 6.45) is 2.21. The molecule has 1 amide bonds. The smallest absolute Gasteiger partial charge is 0.252 e. The minimum Gasteiger partial charge on any atom is -0.383 e. The van der Waals surface area contributed by atoms with E-state index in [1.807, 2.05) is 6.07 Å². The molecule has 1 aromatic carbocycles. The number of methoxy groups -OCH3 is 1. The summed E-state index contributed by atoms with van der Waals surface area (Å²) < 4.78 is 5.96. The predicted octanol–water partition coefficient (Wildman–Crippen LogP) is 3.19. The largest absolute Gasteiger partial charge is 0.383 e. The van der Waals surface area contributed by atoms with E-state index in [1.54, 1.807) is 19.2 Å². The molecule has 1 aromatic rings. The molecular weight excluding hydrogens is 368 g/mol. The van der Waals surface area contributed by atoms with Crippen molar-refractivity contribution in [2.75, 3.05) is 39.9 Å². The number of benzene rings is 1. The van der Waals surface area contributed by atoms with E-state index in [0.29, 0.717) is 23.0 Å². The van der Waals surface area contributed by atoms with Crippen LogP contribution < -0.4 is 5.32 Å². The quantitative estimate of drug-likeness (QED) is 0.812. The lowest BCUT2D eigenvalue weighted by atomic mass is 9.96. The predicted molar refractivity (Wildman–Crippen MR) is 92.5 cm³/mol. The normalized spacial score (nSPS) is 16.7. The Bertz CT molecular complexity index is 505. The molecule has 0 bridgehead atoms. The number of likely N-dealkylation sites (tertiary alicyclic amines) is 1. The van der Waals surface area contributed by atoms with Crippen LogP contribution in [0.2, 0.25) is 5.02 Å². The number of nitrogens with one attached hydrogen (secondary N) is 1. The van der Waals surface area contributed by atoms with Crippen LogP contribution in [0.4, 0.5) is 0 Å². The molecule has 0 aromatic heterocycles. The third-order valence-electron chi connectivity index (χ3n) is 4.04. The van der Waals surface area contributed by atoms with E-state index in [4.69, 9.17) is 16.3 Å². The third kappa shape index (κ3) is 5.23. The second kappa shape index (κ2) is 8.87. The molecule has 122 valence electrons. The Morgan fingerprint density at radius 3 is 2.86 bits per heavy atom. The highest BCUT2D eigenvalue weighted by molar-refractivity contribution is 9.10. The fourth-order valence-electron chi connectivity index (χ4n) is 2.64. The first-order chi connectivity index (χ1) is 10.6. The van der Waals surface area contributed by atoms with Crippen molar-refractivity contribution >= 4 is 33.4 Å². The Kier molecular flexibility index (Phi) is 7.15. The molecule has 0 spiro atoms. The van der Waals surface area contributed by atoms with Crippen molar-refractivity contribution in [1.82, 2.24) is 10.2 Å². The molecule has 22 heavy (non-hydrogen) atoms. The number of ether oxygens (including phenoxy) is 1. The summed E-state index contributed by atoms with van der Waals surface area (Å²) in [5.41, 5.74) is 0.522. The van der Waals surface area contributed by atoms with Gasteiger partial charge in [-0.1, -0.05) is 27.5 Å². The van der Waals surface area contributed by atoms with Crippen LogP contribution in [0, 0.1) is 5.92 Å². The number of hydrogen-bond acceptors (Lipinski definition) is 3. The summed E-state index contributed by atoms with van der Waals surface area (Å²) in [5, 5.41) is 3.49. The van der Waals surface area contributed by atoms with Crippen LogP contribution in [0.3, 0.4) is 0 Å². The maximum atomic E-state index is 12.2. The fraction of sp³-hybridized carbons (Fsp3) is 0.562. The molecule has 4 nitrogen and oxygen atoms in total. The van der Waals surface area contributed by atoms with Gasteiger partial charge < -0.3 is 15.0 Å². The van der Waals surface area contributed by atoms with Crippen molar-refractivity contribution in [2.24, 2.45) is 5.92 Å². The minimum absolute atomic E-state index is 0.104. The number of carbonyl (C=O) groups is 1. The van der Waals surface area contributed by atoms with E-state index < -0.39 is 0 Å². The van der Waals surface area contributed by atoms with Gasteiger partial charge in [0.15, 0.2) is 0 Å². The first-order valence-corrected chi connectivity index (χ1v) is 8.71. The molecule has 1 heterocycles. The van der Waals surface area contributed by atoms with Crippen LogP contribution in [0.25, 0.3) is 0 Å². The SMILES string of the molecule is COCCN1CCC(CNC(=O)c2cc(Br)ccc2Cl)CC1. The van der Waals surface area contributed by atoms with E-state index in [1.165, 1.54) is 0 Å². The van der Waals surface area contributed by atoms with E-state index >= 15 is 0 Å². The molecule has 0 radical (unpaired) electrons. The molecule has 6 heteroatoms. The number of rotatable bonds is 6. The second-order valence-corrected chi connectivity index (χ2v) is 6.93. The zero-order valence-electron chi connectivity index (χ0n) is 12.8. The minimum atomic E-state index is -0.104. The van der Waals surface area contributed by atoms with Gasteiger partial charge in [0.25, 0.3) is 5.91 Å². The molecule has 0 atom stereocenters. The molecule has 1 N–H and O–H groups in total. The van der Waals surface area contributed by atoms with E-state index in [2.05, 4.69) is 26.1 Å². The van der Waals surface area contributed by atoms with Crippen molar-refractivity contribution in [3.05, 3.63) is 33.3 Å². The van der Waals surface area contributed by atoms with Crippen molar-refractivity contribution < 1.29 is 9.53 Å². The number of hydrogen-bond donors (Lipinski definition) is 1. The fourth-order valence-corrected chi connectivity index (χ4v) is 3.20. The maximum Gasteiger partial charge on any atom is 0.252 e. The molecular formula is C16H22BrClN2O2. The van der Waals surface area contributed by atoms with Crippen LogP contribution in [-0.2, 0) is 4.74 Å². The first-order valence-electron chi connectivity index (χ1n) is 7.54. The van der Waals surface area contributed by atoms with E-state index in [-0.39, 0.29) is 5.91 Å². The molecule has 0 saturated carbocycles. The van der Waals surface area contributed by atoms with Gasteiger partial charge in [-0.2, -0.15) is 0 Å². The summed E-state index contributed by atoms with van der Waals surface area (Å²) in [5.74, 6) is 0.432. The molecule has 1 aliphatic heterocycles. The Hall–Kier alpha value is -0.620. The van der Waals surface area contributed by atoms with Crippen molar-refractivity contribution in [3.8, 4) is 0 Å². The van der Waals surface area contributed by atoms with E-state index in [0.717, 1.165) is 43.6 Å². The first kappa shape index (κ1) is 17.7. The second-order valence-electron chi connectivity index (χ2n) is 5.61. The van der Waals surface area contributed by atoms with Gasteiger partial charge >= 0.3 is 0 Å². The van der Waals surface area contributed by atoms with Crippen LogP contribution in [0.5, 0.6) is 0 Å². The number of carbonyl (C=O) groups excluding carboxylic acids is 1. The number of amides is 1. The van der Waals surface area contributed by atoms with E-state index in [9.17, 15) is 4.79 Å². The van der Waals surface area contributed by atoms with Gasteiger partial charge in [-0.05, 0) is 50.0 Å². The zero-order valence-corrected chi connectivity index (χ0v) is 15.1. The number of nitrogens with zero attached hydrogens (tertiary/aromatic N) is 1. The molecule has 1 saturated heterocycles. The highest BCUT2D eigenvalue weighted by atomic mass is 79.9. The Labute approximate surface area is 145 Å². The van der Waals surface area contributed by atoms with Crippen molar-refractivity contribution in [3.63, 3.8) is 0 Å². The number of piperidine rings is 1. The van der Waals surface area contributed by atoms with Gasteiger partial charge in [-0.3, -0.25) is 4.79 Å². The van der Waals surface area contributed by atoms with Crippen LogP contribution >= 0.6 is 27.5 Å². The third-order valence-corrected chi connectivity index (χ3v) is 4.87. The monoisotopic (exact) mass is 388 g/mol. The summed E-state index contributed by atoms with van der Waals surface area (Å²) in [6, 6.07) is 5.31. The molecule has 2 rings (SSSR count). The lowest BCUT2D eigenvalue weighted by molar-refractivity contribution is 0.0926. The van der Waals surface area contributed by atoms with Gasteiger partial charge in [-0.15, -0.1) is 0 Å². The van der Waals surface area contributed by atoms with Crippen molar-refractivity contribution in [2.45, 2.75) is 12.8 Å². The molecule has 0 unspecified atom stereocenters. The Morgan fingerprint density at radius 2 is 2.18 bits per heavy atom. The van der Waals surface area contributed by atoms with Crippen LogP contribution in [0.1, 0.15) is 23.2 Å². The lowest BCUT2D eigenvalue weighted by Crippen LogP contribution is -2.39. The summed E-state index contributed by atoms with van der Waals surface area (Å²) in [7, 11) is 1.73. The maximum absolute atomic E-state index is 12.2. The van der Waals surface area contributed by atoms with Gasteiger partial charge in [0.2, 0.25) is 0 Å². The summed E-state index contributed by atoms with van der Waals surface area (Å²) >= 11 is 9.45. The highest BCUT2D eigenvalue weighted by Crippen LogP contribution is 2.21. The van der Waals surface area contributed by atoms with Crippen molar-refractivity contribution in [1.29, 1.82) is 0 Å². The topological polar surface area (TPSA) is 41.6 Å². The Morgan fingerprint density at radius 1 is 1.45 bits per heavy atom. The zero-order chi connectivity index (χ0) is 15.9. The molecule has 0 aliphatic carbocycles. The van der Waals surface area contributed by atoms with Crippen LogP contribution in [0.15, 0.2) is 22.7 Å². The standard InChI is InChI=1S/C16H22BrClN2O2/c1-22-9-8-20-6-4-12(5-7-20)11-19-16(21)14-10-13(17)2-3-15(14)18/h2-3,10,12H,4-9,11H2,1H3,(H,19,21). The number of halogens is 2.